The van der Waals surface area contributed by atoms with Crippen LogP contribution in [0.15, 0.2) is 30.3 Å². The fraction of sp³-hybridized carbons (Fsp3) is 0.333. The summed E-state index contributed by atoms with van der Waals surface area (Å²) in [5.41, 5.74) is -5.60. The number of sulfonamides is 1. The number of hydrogen-bond acceptors (Lipinski definition) is 5. The van der Waals surface area contributed by atoms with Gasteiger partial charge in [-0.1, -0.05) is 24.3 Å². The van der Waals surface area contributed by atoms with Gasteiger partial charge < -0.3 is 9.05 Å². The van der Waals surface area contributed by atoms with Crippen molar-refractivity contribution in [3.8, 4) is 0 Å². The number of benzene rings is 1. The molecule has 0 radical (unpaired) electrons. The van der Waals surface area contributed by atoms with Gasteiger partial charge in [0.1, 0.15) is 0 Å². The van der Waals surface area contributed by atoms with Crippen LogP contribution in [0.3, 0.4) is 0 Å². The average Bonchev–Trinajstić information content (AvgIpc) is 2.51. The molecule has 1 heterocycles. The van der Waals surface area contributed by atoms with Gasteiger partial charge in [-0.15, -0.1) is 0 Å². The molecule has 0 amide bonds. The van der Waals surface area contributed by atoms with E-state index in [4.69, 9.17) is 0 Å². The van der Waals surface area contributed by atoms with Crippen molar-refractivity contribution in [1.29, 1.82) is 0 Å². The molecule has 1 atom stereocenters. The lowest BCUT2D eigenvalue weighted by atomic mass is 10.1. The maximum atomic E-state index is 13.1. The molecule has 1 aromatic rings. The average molecular weight is 371 g/mol. The summed E-state index contributed by atoms with van der Waals surface area (Å²) < 4.78 is 85.1. The maximum Gasteiger partial charge on any atom is 0.516 e. The van der Waals surface area contributed by atoms with Crippen molar-refractivity contribution in [2.24, 2.45) is 0 Å². The van der Waals surface area contributed by atoms with Crippen molar-refractivity contribution >= 4 is 29.4 Å². The highest BCUT2D eigenvalue weighted by Gasteiger charge is 2.56. The van der Waals surface area contributed by atoms with E-state index < -0.39 is 28.9 Å². The third kappa shape index (κ3) is 2.91. The summed E-state index contributed by atoms with van der Waals surface area (Å²) in [7, 11) is -8.05. The van der Waals surface area contributed by atoms with E-state index in [1.165, 1.54) is 30.3 Å². The number of alkyl halides is 3. The fourth-order valence-electron chi connectivity index (χ4n) is 2.15. The SMILES string of the molecule is COP(=O)(OC)C1C=Cc2ccccc2N1S(=O)(=O)C(F)(F)F. The zero-order chi connectivity index (χ0) is 17.5. The van der Waals surface area contributed by atoms with E-state index in [1.54, 1.807) is 0 Å². The molecule has 0 aromatic heterocycles. The number of anilines is 1. The van der Waals surface area contributed by atoms with E-state index in [0.29, 0.717) is 0 Å². The fourth-order valence-corrected chi connectivity index (χ4v) is 5.13. The molecular weight excluding hydrogens is 358 g/mol. The number of rotatable bonds is 4. The van der Waals surface area contributed by atoms with Crippen LogP contribution in [-0.2, 0) is 23.6 Å². The minimum atomic E-state index is -5.82. The summed E-state index contributed by atoms with van der Waals surface area (Å²) in [5.74, 6) is -1.76. The van der Waals surface area contributed by atoms with Gasteiger partial charge in [-0.3, -0.25) is 4.57 Å². The Balaban J connectivity index is 2.73. The second-order valence-corrected chi connectivity index (χ2v) is 8.63. The molecular formula is C12H13F3NO5PS. The van der Waals surface area contributed by atoms with Crippen LogP contribution in [0.5, 0.6) is 0 Å². The first-order valence-electron chi connectivity index (χ1n) is 6.17. The summed E-state index contributed by atoms with van der Waals surface area (Å²) in [6, 6.07) is 5.53. The van der Waals surface area contributed by atoms with E-state index in [1.807, 2.05) is 0 Å². The highest BCUT2D eigenvalue weighted by Crippen LogP contribution is 2.57. The third-order valence-corrected chi connectivity index (χ3v) is 7.00. The Morgan fingerprint density at radius 1 is 1.17 bits per heavy atom. The molecule has 0 fully saturated rings. The zero-order valence-corrected chi connectivity index (χ0v) is 13.7. The lowest BCUT2D eigenvalue weighted by Crippen LogP contribution is -2.47. The van der Waals surface area contributed by atoms with Gasteiger partial charge in [0, 0.05) is 14.2 Å². The molecule has 1 unspecified atom stereocenters. The largest absolute Gasteiger partial charge is 0.516 e. The van der Waals surface area contributed by atoms with Gasteiger partial charge >= 0.3 is 23.1 Å². The van der Waals surface area contributed by atoms with Crippen LogP contribution in [0, 0.1) is 0 Å². The zero-order valence-electron chi connectivity index (χ0n) is 12.0. The van der Waals surface area contributed by atoms with Crippen LogP contribution < -0.4 is 4.31 Å². The smallest absolute Gasteiger partial charge is 0.310 e. The number of hydrogen-bond donors (Lipinski definition) is 0. The van der Waals surface area contributed by atoms with Crippen LogP contribution in [0.25, 0.3) is 6.08 Å². The number of para-hydroxylation sites is 1. The van der Waals surface area contributed by atoms with Gasteiger partial charge in [0.05, 0.1) is 5.69 Å². The summed E-state index contributed by atoms with van der Waals surface area (Å²) in [6.45, 7) is 0. The summed E-state index contributed by atoms with van der Waals surface area (Å²) >= 11 is 0. The van der Waals surface area contributed by atoms with Crippen LogP contribution in [0.4, 0.5) is 18.9 Å². The molecule has 0 N–H and O–H groups in total. The lowest BCUT2D eigenvalue weighted by molar-refractivity contribution is -0.0438. The summed E-state index contributed by atoms with van der Waals surface area (Å²) in [5, 5.41) is 0. The molecule has 6 nitrogen and oxygen atoms in total. The number of halogens is 3. The highest BCUT2D eigenvalue weighted by atomic mass is 32.2. The molecule has 0 aliphatic carbocycles. The first-order chi connectivity index (χ1) is 10.6. The molecule has 1 aromatic carbocycles. The molecule has 0 saturated heterocycles. The monoisotopic (exact) mass is 371 g/mol. The van der Waals surface area contributed by atoms with Gasteiger partial charge in [-0.05, 0) is 17.7 Å². The second kappa shape index (κ2) is 5.94. The van der Waals surface area contributed by atoms with E-state index in [2.05, 4.69) is 9.05 Å². The number of fused-ring (bicyclic) bond motifs is 1. The lowest BCUT2D eigenvalue weighted by Gasteiger charge is -2.36. The van der Waals surface area contributed by atoms with Crippen molar-refractivity contribution in [2.45, 2.75) is 11.3 Å². The Bertz CT molecular complexity index is 769. The maximum absolute atomic E-state index is 13.1. The standard InChI is InChI=1S/C12H13F3NO5PS/c1-20-22(17,21-2)11-8-7-9-5-3-4-6-10(9)16(11)23(18,19)12(13,14)15/h3-8,11H,1-2H3. The summed E-state index contributed by atoms with van der Waals surface area (Å²) in [6.07, 6.45) is 2.42. The predicted molar refractivity (Wildman–Crippen MR) is 78.3 cm³/mol. The van der Waals surface area contributed by atoms with Crippen molar-refractivity contribution < 1.29 is 35.2 Å². The Labute approximate surface area is 131 Å². The van der Waals surface area contributed by atoms with Crippen LogP contribution in [0.2, 0.25) is 0 Å². The van der Waals surface area contributed by atoms with E-state index in [9.17, 15) is 26.2 Å². The minimum absolute atomic E-state index is 0.0378. The van der Waals surface area contributed by atoms with Crippen LogP contribution in [-0.4, -0.2) is 33.9 Å². The van der Waals surface area contributed by atoms with Crippen molar-refractivity contribution in [3.05, 3.63) is 35.9 Å². The molecule has 1 aliphatic rings. The van der Waals surface area contributed by atoms with Gasteiger partial charge in [-0.2, -0.15) is 21.6 Å². The number of nitrogens with zero attached hydrogens (tertiary/aromatic N) is 1. The van der Waals surface area contributed by atoms with E-state index in [0.717, 1.165) is 20.3 Å². The molecule has 0 bridgehead atoms. The normalized spacial score (nSPS) is 18.8. The predicted octanol–water partition coefficient (Wildman–Crippen LogP) is 3.18. The Hall–Kier alpha value is -1.35. The molecule has 11 heteroatoms. The van der Waals surface area contributed by atoms with Crippen LogP contribution >= 0.6 is 7.60 Å². The van der Waals surface area contributed by atoms with Gasteiger partial charge in [0.2, 0.25) is 0 Å². The van der Waals surface area contributed by atoms with Gasteiger partial charge in [-0.25, -0.2) is 4.31 Å². The molecule has 23 heavy (non-hydrogen) atoms. The second-order valence-electron chi connectivity index (χ2n) is 4.48. The van der Waals surface area contributed by atoms with Crippen molar-refractivity contribution in [3.63, 3.8) is 0 Å². The Kier molecular flexibility index (Phi) is 4.64. The van der Waals surface area contributed by atoms with Crippen molar-refractivity contribution in [2.75, 3.05) is 18.5 Å². The first kappa shape index (κ1) is 18.0. The first-order valence-corrected chi connectivity index (χ1v) is 9.23. The third-order valence-electron chi connectivity index (χ3n) is 3.25. The van der Waals surface area contributed by atoms with Gasteiger partial charge in [0.15, 0.2) is 5.78 Å². The van der Waals surface area contributed by atoms with Gasteiger partial charge in [0.25, 0.3) is 0 Å². The molecule has 2 rings (SSSR count). The topological polar surface area (TPSA) is 72.9 Å². The van der Waals surface area contributed by atoms with E-state index in [-0.39, 0.29) is 15.6 Å². The summed E-state index contributed by atoms with van der Waals surface area (Å²) in [4.78, 5) is 0. The molecule has 1 aliphatic heterocycles. The quantitative estimate of drug-likeness (QED) is 0.760. The molecule has 0 saturated carbocycles. The highest BCUT2D eigenvalue weighted by molar-refractivity contribution is 7.94. The molecule has 128 valence electrons. The Morgan fingerprint density at radius 2 is 1.74 bits per heavy atom. The van der Waals surface area contributed by atoms with Crippen molar-refractivity contribution in [1.82, 2.24) is 0 Å². The van der Waals surface area contributed by atoms with E-state index >= 15 is 0 Å². The molecule has 0 spiro atoms. The van der Waals surface area contributed by atoms with Crippen LogP contribution in [0.1, 0.15) is 5.56 Å². The minimum Gasteiger partial charge on any atom is -0.310 e. The Morgan fingerprint density at radius 3 is 2.26 bits per heavy atom.